The van der Waals surface area contributed by atoms with Crippen LogP contribution in [0.4, 0.5) is 0 Å². The molecule has 0 aliphatic carbocycles. The van der Waals surface area contributed by atoms with Gasteiger partial charge in [0, 0.05) is 13.5 Å². The summed E-state index contributed by atoms with van der Waals surface area (Å²) in [5, 5.41) is -0.994. The normalized spacial score (nSPS) is 13.4. The molecule has 5 heteroatoms. The van der Waals surface area contributed by atoms with Crippen molar-refractivity contribution in [3.05, 3.63) is 91.0 Å². The zero-order chi connectivity index (χ0) is 20.0. The summed E-state index contributed by atoms with van der Waals surface area (Å²) < 4.78 is 26.7. The van der Waals surface area contributed by atoms with Crippen LogP contribution >= 0.6 is 0 Å². The van der Waals surface area contributed by atoms with Crippen LogP contribution in [0.2, 0.25) is 0 Å². The lowest BCUT2D eigenvalue weighted by atomic mass is 10.00. The second-order valence-electron chi connectivity index (χ2n) is 6.37. The first-order valence-electron chi connectivity index (χ1n) is 8.69. The average molecular weight is 384 g/mol. The Morgan fingerprint density at radius 1 is 1.07 bits per heavy atom. The average Bonchev–Trinajstić information content (AvgIpc) is 2.65. The lowest BCUT2D eigenvalue weighted by Crippen LogP contribution is -2.42. The van der Waals surface area contributed by atoms with Crippen molar-refractivity contribution in [3.63, 3.8) is 0 Å². The summed E-state index contributed by atoms with van der Waals surface area (Å²) in [6.45, 7) is 11.1. The van der Waals surface area contributed by atoms with Crippen LogP contribution in [0, 0.1) is 6.92 Å². The minimum atomic E-state index is -3.75. The molecule has 0 aromatic heterocycles. The van der Waals surface area contributed by atoms with Gasteiger partial charge in [-0.2, -0.15) is 0 Å². The SMILES string of the molecule is C=CCN(C(C)=O)[C@H](c1ccc(C)cc1)[C@H](C=C)S(=O)(=O)c1ccccc1. The molecule has 0 heterocycles. The van der Waals surface area contributed by atoms with Gasteiger partial charge in [0.25, 0.3) is 0 Å². The van der Waals surface area contributed by atoms with Crippen molar-refractivity contribution in [1.82, 2.24) is 4.90 Å². The van der Waals surface area contributed by atoms with Gasteiger partial charge in [-0.25, -0.2) is 8.42 Å². The fraction of sp³-hybridized carbons (Fsp3) is 0.227. The van der Waals surface area contributed by atoms with Gasteiger partial charge in [0.15, 0.2) is 9.84 Å². The summed E-state index contributed by atoms with van der Waals surface area (Å²) in [7, 11) is -3.75. The molecule has 0 spiro atoms. The lowest BCUT2D eigenvalue weighted by Gasteiger charge is -2.35. The van der Waals surface area contributed by atoms with E-state index in [1.54, 1.807) is 36.4 Å². The summed E-state index contributed by atoms with van der Waals surface area (Å²) in [5.41, 5.74) is 1.79. The summed E-state index contributed by atoms with van der Waals surface area (Å²) in [6.07, 6.45) is 3.00. The molecule has 2 aromatic carbocycles. The second kappa shape index (κ2) is 8.82. The molecule has 0 unspecified atom stereocenters. The van der Waals surface area contributed by atoms with Gasteiger partial charge in [-0.3, -0.25) is 4.79 Å². The zero-order valence-electron chi connectivity index (χ0n) is 15.7. The Bertz CT molecular complexity index is 902. The maximum atomic E-state index is 13.3. The van der Waals surface area contributed by atoms with E-state index in [0.29, 0.717) is 0 Å². The number of rotatable bonds is 8. The quantitative estimate of drug-likeness (QED) is 0.645. The number of amides is 1. The highest BCUT2D eigenvalue weighted by molar-refractivity contribution is 7.92. The molecular formula is C22H25NO3S. The molecule has 4 nitrogen and oxygen atoms in total. The van der Waals surface area contributed by atoms with E-state index in [0.717, 1.165) is 11.1 Å². The molecule has 142 valence electrons. The predicted octanol–water partition coefficient (Wildman–Crippen LogP) is 4.10. The van der Waals surface area contributed by atoms with E-state index in [1.807, 2.05) is 31.2 Å². The Morgan fingerprint density at radius 3 is 2.15 bits per heavy atom. The first-order valence-corrected chi connectivity index (χ1v) is 10.2. The van der Waals surface area contributed by atoms with Crippen molar-refractivity contribution in [1.29, 1.82) is 0 Å². The highest BCUT2D eigenvalue weighted by Crippen LogP contribution is 2.33. The van der Waals surface area contributed by atoms with Crippen molar-refractivity contribution >= 4 is 15.7 Å². The second-order valence-corrected chi connectivity index (χ2v) is 8.48. The molecule has 0 N–H and O–H groups in total. The van der Waals surface area contributed by atoms with Crippen LogP contribution in [0.25, 0.3) is 0 Å². The molecule has 2 aromatic rings. The van der Waals surface area contributed by atoms with Crippen LogP contribution in [-0.2, 0) is 14.6 Å². The van der Waals surface area contributed by atoms with E-state index in [2.05, 4.69) is 13.2 Å². The minimum Gasteiger partial charge on any atom is -0.331 e. The Labute approximate surface area is 161 Å². The molecule has 0 bridgehead atoms. The fourth-order valence-corrected chi connectivity index (χ4v) is 4.83. The molecule has 0 fully saturated rings. The topological polar surface area (TPSA) is 54.5 Å². The Kier molecular flexibility index (Phi) is 6.75. The van der Waals surface area contributed by atoms with Crippen LogP contribution in [0.5, 0.6) is 0 Å². The third-order valence-corrected chi connectivity index (χ3v) is 6.55. The van der Waals surface area contributed by atoms with E-state index >= 15 is 0 Å². The molecule has 0 saturated carbocycles. The molecule has 0 aliphatic rings. The van der Waals surface area contributed by atoms with Crippen molar-refractivity contribution in [2.45, 2.75) is 30.0 Å². The van der Waals surface area contributed by atoms with Crippen molar-refractivity contribution in [3.8, 4) is 0 Å². The van der Waals surface area contributed by atoms with Crippen LogP contribution in [0.15, 0.2) is 84.8 Å². The van der Waals surface area contributed by atoms with Gasteiger partial charge in [-0.1, -0.05) is 60.2 Å². The van der Waals surface area contributed by atoms with Gasteiger partial charge in [-0.15, -0.1) is 13.2 Å². The van der Waals surface area contributed by atoms with Gasteiger partial charge >= 0.3 is 0 Å². The van der Waals surface area contributed by atoms with Crippen LogP contribution in [0.3, 0.4) is 0 Å². The number of hydrogen-bond acceptors (Lipinski definition) is 3. The van der Waals surface area contributed by atoms with Crippen LogP contribution < -0.4 is 0 Å². The van der Waals surface area contributed by atoms with E-state index in [-0.39, 0.29) is 17.3 Å². The van der Waals surface area contributed by atoms with Crippen molar-refractivity contribution in [2.24, 2.45) is 0 Å². The predicted molar refractivity (Wildman–Crippen MR) is 109 cm³/mol. The molecule has 0 aliphatic heterocycles. The van der Waals surface area contributed by atoms with Gasteiger partial charge in [0.1, 0.15) is 5.25 Å². The lowest BCUT2D eigenvalue weighted by molar-refractivity contribution is -0.130. The summed E-state index contributed by atoms with van der Waals surface area (Å²) in [5.74, 6) is -0.226. The molecule has 2 atom stereocenters. The first kappa shape index (κ1) is 20.6. The van der Waals surface area contributed by atoms with E-state index in [1.165, 1.54) is 17.9 Å². The highest BCUT2D eigenvalue weighted by atomic mass is 32.2. The highest BCUT2D eigenvalue weighted by Gasteiger charge is 2.37. The van der Waals surface area contributed by atoms with Crippen LogP contribution in [0.1, 0.15) is 24.1 Å². The molecule has 0 saturated heterocycles. The van der Waals surface area contributed by atoms with E-state index in [4.69, 9.17) is 0 Å². The molecular weight excluding hydrogens is 358 g/mol. The van der Waals surface area contributed by atoms with Gasteiger partial charge in [0.2, 0.25) is 5.91 Å². The number of sulfone groups is 1. The molecule has 27 heavy (non-hydrogen) atoms. The summed E-state index contributed by atoms with van der Waals surface area (Å²) >= 11 is 0. The summed E-state index contributed by atoms with van der Waals surface area (Å²) in [6, 6.07) is 15.1. The Balaban J connectivity index is 2.65. The maximum Gasteiger partial charge on any atom is 0.220 e. The first-order chi connectivity index (χ1) is 12.8. The zero-order valence-corrected chi connectivity index (χ0v) is 16.5. The molecule has 1 amide bonds. The maximum absolute atomic E-state index is 13.3. The molecule has 0 radical (unpaired) electrons. The third kappa shape index (κ3) is 4.55. The monoisotopic (exact) mass is 383 g/mol. The standard InChI is InChI=1S/C22H25NO3S/c1-5-16-23(18(4)24)22(19-14-12-17(3)13-15-19)21(6-2)27(25,26)20-10-8-7-9-11-20/h5-15,21-22H,1-2,16H2,3-4H3/t21-,22+/m0/s1. The third-order valence-electron chi connectivity index (χ3n) is 4.46. The number of carbonyl (C=O) groups excluding carboxylic acids is 1. The number of aryl methyl sites for hydroxylation is 1. The van der Waals surface area contributed by atoms with E-state index < -0.39 is 21.1 Å². The largest absolute Gasteiger partial charge is 0.331 e. The van der Waals surface area contributed by atoms with Gasteiger partial charge in [-0.05, 0) is 24.6 Å². The van der Waals surface area contributed by atoms with E-state index in [9.17, 15) is 13.2 Å². The number of benzene rings is 2. The Morgan fingerprint density at radius 2 is 1.67 bits per heavy atom. The smallest absolute Gasteiger partial charge is 0.220 e. The van der Waals surface area contributed by atoms with Crippen molar-refractivity contribution in [2.75, 3.05) is 6.54 Å². The van der Waals surface area contributed by atoms with Gasteiger partial charge in [0.05, 0.1) is 10.9 Å². The van der Waals surface area contributed by atoms with Crippen molar-refractivity contribution < 1.29 is 13.2 Å². The Hall–Kier alpha value is -2.66. The number of carbonyl (C=O) groups is 1. The summed E-state index contributed by atoms with van der Waals surface area (Å²) in [4.78, 5) is 14.1. The minimum absolute atomic E-state index is 0.203. The molecule has 2 rings (SSSR count). The number of hydrogen-bond donors (Lipinski definition) is 0. The van der Waals surface area contributed by atoms with Crippen LogP contribution in [-0.4, -0.2) is 31.0 Å². The number of nitrogens with zero attached hydrogens (tertiary/aromatic N) is 1. The fourth-order valence-electron chi connectivity index (χ4n) is 3.08. The van der Waals surface area contributed by atoms with Gasteiger partial charge < -0.3 is 4.90 Å².